The highest BCUT2D eigenvalue weighted by Gasteiger charge is 2.42. The fourth-order valence-corrected chi connectivity index (χ4v) is 4.65. The summed E-state index contributed by atoms with van der Waals surface area (Å²) < 4.78 is 52.9. The van der Waals surface area contributed by atoms with Gasteiger partial charge < -0.3 is 15.5 Å². The Morgan fingerprint density at radius 2 is 2.09 bits per heavy atom. The minimum atomic E-state index is -4.57. The number of carbonyl (C=O) groups is 1. The topological polar surface area (TPSA) is 57.3 Å². The zero-order valence-electron chi connectivity index (χ0n) is 17.4. The number of aromatic nitrogens is 1. The van der Waals surface area contributed by atoms with Crippen LogP contribution in [0.1, 0.15) is 36.5 Å². The van der Waals surface area contributed by atoms with Crippen molar-refractivity contribution in [3.63, 3.8) is 0 Å². The largest absolute Gasteiger partial charge is 0.408 e. The first-order chi connectivity index (χ1) is 15.1. The number of hydrogen-bond acceptors (Lipinski definition) is 4. The van der Waals surface area contributed by atoms with Crippen LogP contribution < -0.4 is 15.5 Å². The van der Waals surface area contributed by atoms with E-state index in [1.165, 1.54) is 30.6 Å². The molecule has 1 aromatic heterocycles. The maximum Gasteiger partial charge on any atom is 0.408 e. The fourth-order valence-electron chi connectivity index (χ4n) is 4.47. The summed E-state index contributed by atoms with van der Waals surface area (Å²) in [5, 5.41) is 5.47. The van der Waals surface area contributed by atoms with Gasteiger partial charge in [-0.25, -0.2) is 4.39 Å². The van der Waals surface area contributed by atoms with Crippen LogP contribution in [-0.2, 0) is 0 Å². The summed E-state index contributed by atoms with van der Waals surface area (Å²) in [6.45, 7) is 3.02. The number of carbonyl (C=O) groups excluding carboxylic acids is 1. The second-order valence-corrected chi connectivity index (χ2v) is 8.84. The molecule has 2 saturated heterocycles. The normalized spacial score (nSPS) is 21.9. The summed E-state index contributed by atoms with van der Waals surface area (Å²) in [7, 11) is 0. The number of amides is 1. The molecule has 3 heterocycles. The first-order valence-corrected chi connectivity index (χ1v) is 10.8. The van der Waals surface area contributed by atoms with E-state index in [-0.39, 0.29) is 16.1 Å². The van der Waals surface area contributed by atoms with E-state index in [0.717, 1.165) is 32.7 Å². The van der Waals surface area contributed by atoms with Crippen molar-refractivity contribution in [2.75, 3.05) is 24.5 Å². The molecule has 2 atom stereocenters. The molecule has 0 bridgehead atoms. The zero-order valence-corrected chi connectivity index (χ0v) is 18.2. The van der Waals surface area contributed by atoms with E-state index in [1.54, 1.807) is 0 Å². The second-order valence-electron chi connectivity index (χ2n) is 8.43. The van der Waals surface area contributed by atoms with Crippen LogP contribution in [0.3, 0.4) is 0 Å². The molecule has 2 fully saturated rings. The van der Waals surface area contributed by atoms with Crippen molar-refractivity contribution in [3.05, 3.63) is 47.0 Å². The Morgan fingerprint density at radius 1 is 1.31 bits per heavy atom. The van der Waals surface area contributed by atoms with E-state index < -0.39 is 23.9 Å². The predicted octanol–water partition coefficient (Wildman–Crippen LogP) is 4.55. The van der Waals surface area contributed by atoms with Crippen molar-refractivity contribution in [3.8, 4) is 11.1 Å². The molecular weight excluding hydrogens is 448 g/mol. The Bertz CT molecular complexity index is 1020. The Labute approximate surface area is 188 Å². The Hall–Kier alpha value is -2.39. The third-order valence-electron chi connectivity index (χ3n) is 6.23. The first kappa shape index (κ1) is 22.8. The molecule has 32 heavy (non-hydrogen) atoms. The van der Waals surface area contributed by atoms with Gasteiger partial charge >= 0.3 is 6.18 Å². The highest BCUT2D eigenvalue weighted by Crippen LogP contribution is 2.40. The molecule has 2 N–H and O–H groups in total. The van der Waals surface area contributed by atoms with Crippen molar-refractivity contribution in [1.29, 1.82) is 0 Å². The molecule has 0 aliphatic carbocycles. The van der Waals surface area contributed by atoms with Crippen molar-refractivity contribution in [1.82, 2.24) is 15.6 Å². The minimum Gasteiger partial charge on any atom is -0.368 e. The van der Waals surface area contributed by atoms with Gasteiger partial charge in [-0.1, -0.05) is 17.7 Å². The van der Waals surface area contributed by atoms with E-state index >= 15 is 0 Å². The number of nitrogens with zero attached hydrogens (tertiary/aromatic N) is 2. The summed E-state index contributed by atoms with van der Waals surface area (Å²) in [4.78, 5) is 19.0. The molecule has 1 aromatic carbocycles. The van der Waals surface area contributed by atoms with Crippen LogP contribution in [0, 0.1) is 5.82 Å². The first-order valence-electron chi connectivity index (χ1n) is 10.4. The number of halogens is 5. The van der Waals surface area contributed by atoms with Gasteiger partial charge in [-0.2, -0.15) is 13.2 Å². The van der Waals surface area contributed by atoms with E-state index in [2.05, 4.69) is 10.3 Å². The molecular formula is C22H23ClF4N4O. The Balaban J connectivity index is 1.77. The Kier molecular flexibility index (Phi) is 6.06. The van der Waals surface area contributed by atoms with Crippen LogP contribution in [-0.4, -0.2) is 48.3 Å². The molecule has 5 nitrogen and oxygen atoms in total. The van der Waals surface area contributed by atoms with Crippen LogP contribution in [0.25, 0.3) is 11.1 Å². The average molecular weight is 471 g/mol. The van der Waals surface area contributed by atoms with Crippen LogP contribution in [0.4, 0.5) is 23.2 Å². The number of pyridine rings is 1. The highest BCUT2D eigenvalue weighted by atomic mass is 35.5. The molecule has 2 aliphatic rings. The van der Waals surface area contributed by atoms with Crippen LogP contribution in [0.2, 0.25) is 5.02 Å². The number of nitrogens with one attached hydrogen (secondary N) is 2. The van der Waals surface area contributed by atoms with Gasteiger partial charge in [-0.15, -0.1) is 0 Å². The summed E-state index contributed by atoms with van der Waals surface area (Å²) in [6, 6.07) is 2.13. The number of benzene rings is 1. The van der Waals surface area contributed by atoms with Gasteiger partial charge in [-0.3, -0.25) is 9.78 Å². The molecule has 1 spiro atoms. The van der Waals surface area contributed by atoms with Crippen molar-refractivity contribution in [2.24, 2.45) is 0 Å². The van der Waals surface area contributed by atoms with Gasteiger partial charge in [0.1, 0.15) is 11.9 Å². The monoisotopic (exact) mass is 470 g/mol. The van der Waals surface area contributed by atoms with Crippen LogP contribution in [0.15, 0.2) is 30.6 Å². The highest BCUT2D eigenvalue weighted by molar-refractivity contribution is 6.31. The third kappa shape index (κ3) is 4.41. The quantitative estimate of drug-likeness (QED) is 0.643. The van der Waals surface area contributed by atoms with Crippen molar-refractivity contribution in [2.45, 2.75) is 43.9 Å². The molecule has 2 aliphatic heterocycles. The lowest BCUT2D eigenvalue weighted by Gasteiger charge is -2.28. The standard InChI is InChI=1S/C22H23ClF4N4O/c1-13(22(25,26)27)30-20(32)16-11-28-10-15(14-3-4-18(24)17(23)9-14)19(16)31-8-6-21(12-31)5-2-7-29-21/h3-4,9-11,13,29H,2,5-8,12H2,1H3,(H,30,32)/t13-,21?/m1/s1. The maximum absolute atomic E-state index is 13.7. The van der Waals surface area contributed by atoms with E-state index in [4.69, 9.17) is 11.6 Å². The maximum atomic E-state index is 13.7. The predicted molar refractivity (Wildman–Crippen MR) is 114 cm³/mol. The van der Waals surface area contributed by atoms with Crippen LogP contribution >= 0.6 is 11.6 Å². The van der Waals surface area contributed by atoms with Gasteiger partial charge in [0, 0.05) is 36.6 Å². The van der Waals surface area contributed by atoms with Gasteiger partial charge in [0.05, 0.1) is 16.3 Å². The Morgan fingerprint density at radius 3 is 2.75 bits per heavy atom. The number of alkyl halides is 3. The third-order valence-corrected chi connectivity index (χ3v) is 6.52. The molecule has 10 heteroatoms. The summed E-state index contributed by atoms with van der Waals surface area (Å²) in [5.41, 5.74) is 1.45. The van der Waals surface area contributed by atoms with Crippen molar-refractivity contribution >= 4 is 23.2 Å². The van der Waals surface area contributed by atoms with E-state index in [9.17, 15) is 22.4 Å². The van der Waals surface area contributed by atoms with Gasteiger partial charge in [0.2, 0.25) is 0 Å². The molecule has 0 saturated carbocycles. The van der Waals surface area contributed by atoms with E-state index in [1.807, 2.05) is 10.2 Å². The lowest BCUT2D eigenvalue weighted by molar-refractivity contribution is -0.149. The van der Waals surface area contributed by atoms with Crippen molar-refractivity contribution < 1.29 is 22.4 Å². The number of rotatable bonds is 4. The molecule has 4 rings (SSSR count). The molecule has 0 radical (unpaired) electrons. The second kappa shape index (κ2) is 8.51. The smallest absolute Gasteiger partial charge is 0.368 e. The number of hydrogen-bond donors (Lipinski definition) is 2. The van der Waals surface area contributed by atoms with Crippen LogP contribution in [0.5, 0.6) is 0 Å². The summed E-state index contributed by atoms with van der Waals surface area (Å²) in [6.07, 6.45) is 1.10. The average Bonchev–Trinajstić information content (AvgIpc) is 3.38. The van der Waals surface area contributed by atoms with E-state index in [0.29, 0.717) is 29.9 Å². The fraction of sp³-hybridized carbons (Fsp3) is 0.455. The lowest BCUT2D eigenvalue weighted by atomic mass is 9.96. The van der Waals surface area contributed by atoms with Gasteiger partial charge in [0.25, 0.3) is 5.91 Å². The SMILES string of the molecule is C[C@@H](NC(=O)c1cncc(-c2ccc(F)c(Cl)c2)c1N1CCC2(CCCN2)C1)C(F)(F)F. The van der Waals surface area contributed by atoms with Gasteiger partial charge in [0.15, 0.2) is 0 Å². The van der Waals surface area contributed by atoms with Gasteiger partial charge in [-0.05, 0) is 50.4 Å². The minimum absolute atomic E-state index is 0.0362. The summed E-state index contributed by atoms with van der Waals surface area (Å²) >= 11 is 5.97. The zero-order chi connectivity index (χ0) is 23.1. The molecule has 2 aromatic rings. The lowest BCUT2D eigenvalue weighted by Crippen LogP contribution is -2.44. The number of anilines is 1. The molecule has 172 valence electrons. The molecule has 1 unspecified atom stereocenters. The summed E-state index contributed by atoms with van der Waals surface area (Å²) in [5.74, 6) is -1.46. The molecule has 1 amide bonds.